The van der Waals surface area contributed by atoms with Crippen LogP contribution in [0.3, 0.4) is 0 Å². The van der Waals surface area contributed by atoms with Gasteiger partial charge in [-0.05, 0) is 109 Å². The second kappa shape index (κ2) is 51.4. The molecule has 72 heavy (non-hydrogen) atoms. The van der Waals surface area contributed by atoms with E-state index in [4.69, 9.17) is 13.8 Å². The number of unbranched alkanes of at least 4 members (excludes halogenated alkanes) is 21. The lowest BCUT2D eigenvalue weighted by Gasteiger charge is -2.27. The van der Waals surface area contributed by atoms with Crippen LogP contribution in [-0.4, -0.2) is 74.3 Å². The third kappa shape index (κ3) is 51.8. The summed E-state index contributed by atoms with van der Waals surface area (Å²) in [5.74, 6) is -0.602. The van der Waals surface area contributed by atoms with Crippen molar-refractivity contribution >= 4 is 19.7 Å². The average Bonchev–Trinajstić information content (AvgIpc) is 3.34. The Morgan fingerprint density at radius 1 is 0.486 bits per heavy atom. The van der Waals surface area contributed by atoms with Crippen molar-refractivity contribution in [1.82, 2.24) is 5.32 Å². The van der Waals surface area contributed by atoms with Gasteiger partial charge in [-0.3, -0.25) is 18.6 Å². The first-order valence-electron chi connectivity index (χ1n) is 29.1. The number of ether oxygens (including phenoxy) is 1. The first-order valence-corrected chi connectivity index (χ1v) is 30.6. The predicted molar refractivity (Wildman–Crippen MR) is 309 cm³/mol. The second-order valence-electron chi connectivity index (χ2n) is 20.5. The van der Waals surface area contributed by atoms with Gasteiger partial charge in [0.05, 0.1) is 33.8 Å². The van der Waals surface area contributed by atoms with Crippen molar-refractivity contribution in [3.63, 3.8) is 0 Å². The third-order valence-electron chi connectivity index (χ3n) is 12.2. The van der Waals surface area contributed by atoms with Crippen LogP contribution in [0.4, 0.5) is 0 Å². The highest BCUT2D eigenvalue weighted by Gasteiger charge is 2.30. The zero-order chi connectivity index (χ0) is 52.9. The van der Waals surface area contributed by atoms with Crippen LogP contribution in [0.1, 0.15) is 233 Å². The molecule has 0 aromatic rings. The molecule has 0 saturated carbocycles. The lowest BCUT2D eigenvalue weighted by Crippen LogP contribution is -2.47. The summed E-state index contributed by atoms with van der Waals surface area (Å²) < 4.78 is 30.5. The zero-order valence-electron chi connectivity index (χ0n) is 47.1. The molecule has 0 aliphatic carbocycles. The van der Waals surface area contributed by atoms with Gasteiger partial charge in [-0.2, -0.15) is 0 Å². The van der Waals surface area contributed by atoms with E-state index in [0.29, 0.717) is 30.3 Å². The van der Waals surface area contributed by atoms with Gasteiger partial charge in [0.1, 0.15) is 19.3 Å². The topological polar surface area (TPSA) is 111 Å². The van der Waals surface area contributed by atoms with Crippen LogP contribution in [0.5, 0.6) is 0 Å². The number of hydrogen-bond acceptors (Lipinski definition) is 6. The first kappa shape index (κ1) is 68.9. The predicted octanol–water partition coefficient (Wildman–Crippen LogP) is 17.6. The molecule has 0 spiro atoms. The lowest BCUT2D eigenvalue weighted by atomic mass is 10.1. The molecule has 3 atom stereocenters. The number of quaternary nitrogens is 1. The van der Waals surface area contributed by atoms with Crippen LogP contribution < -0.4 is 5.32 Å². The van der Waals surface area contributed by atoms with Crippen molar-refractivity contribution in [2.24, 2.45) is 0 Å². The number of amides is 1. The van der Waals surface area contributed by atoms with Crippen molar-refractivity contribution in [3.05, 3.63) is 97.2 Å². The molecule has 0 radical (unpaired) electrons. The molecule has 0 aromatic heterocycles. The molecule has 1 amide bonds. The molecule has 0 rings (SSSR count). The Morgan fingerprint density at radius 3 is 1.32 bits per heavy atom. The maximum atomic E-state index is 13.5. The van der Waals surface area contributed by atoms with E-state index < -0.39 is 20.0 Å². The molecule has 3 unspecified atom stereocenters. The van der Waals surface area contributed by atoms with E-state index in [2.05, 4.69) is 111 Å². The Bertz CT molecular complexity index is 1560. The average molecular weight is 1030 g/mol. The lowest BCUT2D eigenvalue weighted by molar-refractivity contribution is -0.870. The summed E-state index contributed by atoms with van der Waals surface area (Å²) in [6, 6.07) is -0.887. The highest BCUT2D eigenvalue weighted by atomic mass is 31.2. The number of hydrogen-bond donors (Lipinski definition) is 2. The Labute approximate surface area is 443 Å². The summed E-state index contributed by atoms with van der Waals surface area (Å²) in [7, 11) is 1.44. The molecule has 10 heteroatoms. The fraction of sp³-hybridized carbons (Fsp3) is 0.710. The normalized spacial score (nSPS) is 14.5. The van der Waals surface area contributed by atoms with Crippen LogP contribution in [0, 0.1) is 0 Å². The maximum absolute atomic E-state index is 13.5. The van der Waals surface area contributed by atoms with E-state index in [9.17, 15) is 19.0 Å². The molecular weight excluding hydrogens is 916 g/mol. The fourth-order valence-corrected chi connectivity index (χ4v) is 8.44. The summed E-state index contributed by atoms with van der Waals surface area (Å²) in [4.78, 5) is 37.6. The van der Waals surface area contributed by atoms with Gasteiger partial charge in [0.15, 0.2) is 0 Å². The number of nitrogens with zero attached hydrogens (tertiary/aromatic N) is 1. The number of rotatable bonds is 51. The number of nitrogens with one attached hydrogen (secondary N) is 1. The molecule has 0 fully saturated rings. The highest BCUT2D eigenvalue weighted by molar-refractivity contribution is 7.47. The van der Waals surface area contributed by atoms with Gasteiger partial charge in [0.2, 0.25) is 5.91 Å². The van der Waals surface area contributed by atoms with Crippen LogP contribution in [0.25, 0.3) is 0 Å². The molecule has 2 N–H and O–H groups in total. The van der Waals surface area contributed by atoms with Crippen molar-refractivity contribution in [2.75, 3.05) is 40.9 Å². The van der Waals surface area contributed by atoms with E-state index >= 15 is 0 Å². The van der Waals surface area contributed by atoms with Crippen molar-refractivity contribution in [2.45, 2.75) is 245 Å². The minimum atomic E-state index is -4.47. The standard InChI is InChI=1S/C62H109N2O7P/c1-7-10-13-16-19-22-25-28-30-32-34-36-39-42-45-48-51-54-61(65)63-59(58-70-72(67,68)69-57-56-64(4,5)6)60(53-50-47-44-41-38-27-24-21-18-15-12-9-3)71-62(66)55-52-49-46-43-40-37-35-33-31-29-26-23-20-17-14-11-8-2/h19-20,22-23,28-31,34-37,43,46,50,53,59-60H,7-18,21,24-27,32-33,38-42,44-45,47-49,51-52,54-58H2,1-6H3,(H-,63,65,67,68)/p+1/b22-19-,23-20-,30-28-,31-29-,36-34-,37-35-,46-43-,53-50+. The summed E-state index contributed by atoms with van der Waals surface area (Å²) in [6.45, 7) is 6.88. The third-order valence-corrected chi connectivity index (χ3v) is 13.2. The molecule has 0 aliphatic heterocycles. The summed E-state index contributed by atoms with van der Waals surface area (Å²) in [6.07, 6.45) is 68.3. The second-order valence-corrected chi connectivity index (χ2v) is 21.9. The number of phosphoric ester groups is 1. The number of esters is 1. The molecule has 0 aliphatic rings. The van der Waals surface area contributed by atoms with E-state index in [1.807, 2.05) is 33.3 Å². The van der Waals surface area contributed by atoms with Gasteiger partial charge < -0.3 is 19.4 Å². The van der Waals surface area contributed by atoms with Gasteiger partial charge in [-0.1, -0.05) is 208 Å². The summed E-state index contributed by atoms with van der Waals surface area (Å²) in [5.41, 5.74) is 0. The van der Waals surface area contributed by atoms with Crippen LogP contribution in [-0.2, 0) is 27.9 Å². The quantitative estimate of drug-likeness (QED) is 0.0205. The number of carbonyl (C=O) groups is 2. The van der Waals surface area contributed by atoms with Crippen LogP contribution >= 0.6 is 7.82 Å². The molecule has 9 nitrogen and oxygen atoms in total. The Balaban J connectivity index is 5.49. The molecular formula is C62H110N2O7P+. The van der Waals surface area contributed by atoms with Gasteiger partial charge in [0, 0.05) is 12.8 Å². The van der Waals surface area contributed by atoms with Crippen molar-refractivity contribution in [3.8, 4) is 0 Å². The minimum absolute atomic E-state index is 0.0227. The largest absolute Gasteiger partial charge is 0.472 e. The fourth-order valence-electron chi connectivity index (χ4n) is 7.70. The van der Waals surface area contributed by atoms with Crippen molar-refractivity contribution < 1.29 is 37.3 Å². The number of allylic oxidation sites excluding steroid dienone is 15. The van der Waals surface area contributed by atoms with E-state index in [1.165, 1.54) is 103 Å². The Hall–Kier alpha value is -3.07. The monoisotopic (exact) mass is 1030 g/mol. The van der Waals surface area contributed by atoms with E-state index in [0.717, 1.165) is 83.5 Å². The zero-order valence-corrected chi connectivity index (χ0v) is 48.0. The highest BCUT2D eigenvalue weighted by Crippen LogP contribution is 2.43. The van der Waals surface area contributed by atoms with E-state index in [-0.39, 0.29) is 31.5 Å². The Kier molecular flexibility index (Phi) is 49.2. The van der Waals surface area contributed by atoms with Crippen LogP contribution in [0.15, 0.2) is 97.2 Å². The van der Waals surface area contributed by atoms with Crippen molar-refractivity contribution in [1.29, 1.82) is 0 Å². The Morgan fingerprint density at radius 2 is 0.861 bits per heavy atom. The summed E-state index contributed by atoms with van der Waals surface area (Å²) >= 11 is 0. The van der Waals surface area contributed by atoms with E-state index in [1.54, 1.807) is 0 Å². The number of phosphoric acid groups is 1. The number of likely N-dealkylation sites (N-methyl/N-ethyl adjacent to an activating group) is 1. The molecule has 0 aromatic carbocycles. The molecule has 0 bridgehead atoms. The molecule has 0 saturated heterocycles. The minimum Gasteiger partial charge on any atom is -0.456 e. The van der Waals surface area contributed by atoms with Gasteiger partial charge in [-0.15, -0.1) is 0 Å². The van der Waals surface area contributed by atoms with Gasteiger partial charge >= 0.3 is 13.8 Å². The smallest absolute Gasteiger partial charge is 0.456 e. The first-order chi connectivity index (χ1) is 34.9. The summed E-state index contributed by atoms with van der Waals surface area (Å²) in [5, 5.41) is 3.02. The van der Waals surface area contributed by atoms with Gasteiger partial charge in [-0.25, -0.2) is 4.57 Å². The van der Waals surface area contributed by atoms with Crippen LogP contribution in [0.2, 0.25) is 0 Å². The van der Waals surface area contributed by atoms with Gasteiger partial charge in [0.25, 0.3) is 0 Å². The molecule has 414 valence electrons. The maximum Gasteiger partial charge on any atom is 0.472 e. The molecule has 0 heterocycles. The number of carbonyl (C=O) groups excluding carboxylic acids is 2. The SMILES string of the molecule is CCCCC/C=C\C/C=C\C/C=C\C/C=C\CCCC(=O)OC(/C=C/CCCCCCCCCCCC)C(COP(=O)(O)OCC[N+](C)(C)C)NC(=O)CCCCCC/C=C\C/C=C\C/C=C\CCCCC.